The Morgan fingerprint density at radius 1 is 0.921 bits per heavy atom. The number of aromatic amines is 1. The topological polar surface area (TPSA) is 208 Å². The van der Waals surface area contributed by atoms with E-state index < -0.39 is 59.8 Å². The predicted octanol–water partition coefficient (Wildman–Crippen LogP) is -1.57. The molecular formula is C25H35N7O6. The molecule has 0 aliphatic heterocycles. The minimum Gasteiger partial charge on any atom is -0.391 e. The molecule has 0 radical (unpaired) electrons. The number of hydrogen-bond donors (Lipinski definition) is 7. The summed E-state index contributed by atoms with van der Waals surface area (Å²) >= 11 is 0. The number of amides is 5. The molecule has 5 atom stereocenters. The van der Waals surface area contributed by atoms with E-state index in [4.69, 9.17) is 5.73 Å². The predicted molar refractivity (Wildman–Crippen MR) is 137 cm³/mol. The van der Waals surface area contributed by atoms with Crippen LogP contribution in [0.25, 0.3) is 0 Å². The molecule has 38 heavy (non-hydrogen) atoms. The van der Waals surface area contributed by atoms with Crippen LogP contribution in [0.2, 0.25) is 0 Å². The van der Waals surface area contributed by atoms with Crippen molar-refractivity contribution in [1.29, 1.82) is 0 Å². The maximum atomic E-state index is 13.3. The van der Waals surface area contributed by atoms with Gasteiger partial charge in [-0.1, -0.05) is 37.3 Å². The highest BCUT2D eigenvalue weighted by Gasteiger charge is 2.33. The number of carbonyl (C=O) groups is 5. The van der Waals surface area contributed by atoms with Crippen LogP contribution in [-0.4, -0.2) is 74.9 Å². The van der Waals surface area contributed by atoms with E-state index in [-0.39, 0.29) is 19.3 Å². The van der Waals surface area contributed by atoms with Gasteiger partial charge in [-0.2, -0.15) is 0 Å². The first kappa shape index (κ1) is 30.0. The van der Waals surface area contributed by atoms with Gasteiger partial charge in [-0.25, -0.2) is 4.98 Å². The number of nitrogens with one attached hydrogen (secondary N) is 5. The second-order valence-electron chi connectivity index (χ2n) is 8.88. The van der Waals surface area contributed by atoms with Crippen LogP contribution in [0.3, 0.4) is 0 Å². The molecule has 206 valence electrons. The third-order valence-electron chi connectivity index (χ3n) is 5.72. The molecule has 0 fully saturated rings. The Morgan fingerprint density at radius 2 is 1.53 bits per heavy atom. The van der Waals surface area contributed by atoms with E-state index in [2.05, 4.69) is 31.2 Å². The Kier molecular flexibility index (Phi) is 11.4. The van der Waals surface area contributed by atoms with Crippen molar-refractivity contribution >= 4 is 29.5 Å². The van der Waals surface area contributed by atoms with Crippen molar-refractivity contribution in [3.05, 3.63) is 54.1 Å². The molecule has 1 aromatic carbocycles. The summed E-state index contributed by atoms with van der Waals surface area (Å²) in [6, 6.07) is 4.42. The van der Waals surface area contributed by atoms with E-state index in [9.17, 15) is 29.1 Å². The standard InChI is InChI=1S/C25H35N7O6/c1-4-18(22(26)35)30-25(38)21(14(2)33)32-24(37)20(11-17-12-27-13-28-17)31-23(36)19(29-15(3)34)10-16-8-6-5-7-9-16/h5-9,12-14,18-21,33H,4,10-11H2,1-3H3,(H2,26,35)(H,27,28)(H,29,34)(H,30,38)(H,31,36)(H,32,37)/t14-,18+,19+,20+,21+/m1/s1. The number of primary amides is 1. The van der Waals surface area contributed by atoms with Crippen molar-refractivity contribution in [2.24, 2.45) is 5.73 Å². The number of nitrogens with two attached hydrogens (primary N) is 1. The number of benzene rings is 1. The quantitative estimate of drug-likeness (QED) is 0.153. The minimum atomic E-state index is -1.44. The molecule has 0 bridgehead atoms. The van der Waals surface area contributed by atoms with E-state index in [1.54, 1.807) is 31.2 Å². The van der Waals surface area contributed by atoms with E-state index in [0.717, 1.165) is 5.56 Å². The van der Waals surface area contributed by atoms with Crippen LogP contribution >= 0.6 is 0 Å². The molecule has 0 spiro atoms. The summed E-state index contributed by atoms with van der Waals surface area (Å²) in [6.07, 6.45) is 1.91. The lowest BCUT2D eigenvalue weighted by Crippen LogP contribution is -2.61. The van der Waals surface area contributed by atoms with Gasteiger partial charge < -0.3 is 37.1 Å². The van der Waals surface area contributed by atoms with Gasteiger partial charge in [0, 0.05) is 31.7 Å². The van der Waals surface area contributed by atoms with Gasteiger partial charge in [0.1, 0.15) is 24.2 Å². The number of hydrogen-bond acceptors (Lipinski definition) is 7. The van der Waals surface area contributed by atoms with E-state index >= 15 is 0 Å². The van der Waals surface area contributed by atoms with Crippen LogP contribution in [0.1, 0.15) is 38.4 Å². The molecule has 0 saturated carbocycles. The highest BCUT2D eigenvalue weighted by molar-refractivity contribution is 5.95. The SMILES string of the molecule is CC[C@H](NC(=O)[C@@H](NC(=O)[C@H](Cc1cnc[nH]1)NC(=O)[C@H](Cc1ccccc1)NC(C)=O)[C@@H](C)O)C(N)=O. The summed E-state index contributed by atoms with van der Waals surface area (Å²) in [4.78, 5) is 69.3. The van der Waals surface area contributed by atoms with Gasteiger partial charge in [-0.15, -0.1) is 0 Å². The third kappa shape index (κ3) is 9.32. The number of imidazole rings is 1. The highest BCUT2D eigenvalue weighted by atomic mass is 16.3. The lowest BCUT2D eigenvalue weighted by Gasteiger charge is -2.27. The van der Waals surface area contributed by atoms with Gasteiger partial charge >= 0.3 is 0 Å². The molecule has 0 unspecified atom stereocenters. The molecule has 2 aromatic rings. The minimum absolute atomic E-state index is 0.0251. The van der Waals surface area contributed by atoms with E-state index in [1.165, 1.54) is 26.4 Å². The summed E-state index contributed by atoms with van der Waals surface area (Å²) in [6.45, 7) is 4.22. The van der Waals surface area contributed by atoms with Gasteiger partial charge in [-0.05, 0) is 18.9 Å². The Hall–Kier alpha value is -4.26. The van der Waals surface area contributed by atoms with Gasteiger partial charge in [0.05, 0.1) is 12.4 Å². The smallest absolute Gasteiger partial charge is 0.245 e. The second kappa shape index (κ2) is 14.5. The summed E-state index contributed by atoms with van der Waals surface area (Å²) in [5.41, 5.74) is 6.59. The molecular weight excluding hydrogens is 494 g/mol. The van der Waals surface area contributed by atoms with Gasteiger partial charge in [0.2, 0.25) is 29.5 Å². The van der Waals surface area contributed by atoms with Crippen LogP contribution in [0, 0.1) is 0 Å². The molecule has 2 rings (SSSR count). The van der Waals surface area contributed by atoms with Crippen molar-refractivity contribution in [3.8, 4) is 0 Å². The van der Waals surface area contributed by atoms with E-state index in [0.29, 0.717) is 5.69 Å². The fraction of sp³-hybridized carbons (Fsp3) is 0.440. The fourth-order valence-electron chi connectivity index (χ4n) is 3.70. The number of carbonyl (C=O) groups excluding carboxylic acids is 5. The summed E-state index contributed by atoms with van der Waals surface area (Å²) in [7, 11) is 0. The molecule has 1 aromatic heterocycles. The third-order valence-corrected chi connectivity index (χ3v) is 5.72. The van der Waals surface area contributed by atoms with Crippen molar-refractivity contribution in [2.45, 2.75) is 70.3 Å². The Labute approximate surface area is 220 Å². The average molecular weight is 530 g/mol. The zero-order valence-corrected chi connectivity index (χ0v) is 21.6. The Morgan fingerprint density at radius 3 is 2.05 bits per heavy atom. The Balaban J connectivity index is 2.24. The molecule has 0 saturated heterocycles. The monoisotopic (exact) mass is 529 g/mol. The van der Waals surface area contributed by atoms with Crippen molar-refractivity contribution < 1.29 is 29.1 Å². The summed E-state index contributed by atoms with van der Waals surface area (Å²) in [5, 5.41) is 20.3. The van der Waals surface area contributed by atoms with Crippen LogP contribution < -0.4 is 27.0 Å². The van der Waals surface area contributed by atoms with Crippen molar-refractivity contribution in [2.75, 3.05) is 0 Å². The van der Waals surface area contributed by atoms with Crippen LogP contribution in [0.15, 0.2) is 42.9 Å². The zero-order chi connectivity index (χ0) is 28.2. The summed E-state index contributed by atoms with van der Waals surface area (Å²) in [5.74, 6) is -3.40. The summed E-state index contributed by atoms with van der Waals surface area (Å²) < 4.78 is 0. The number of aliphatic hydroxyl groups excluding tert-OH is 1. The maximum Gasteiger partial charge on any atom is 0.245 e. The van der Waals surface area contributed by atoms with Crippen molar-refractivity contribution in [1.82, 2.24) is 31.2 Å². The van der Waals surface area contributed by atoms with Gasteiger partial charge in [0.15, 0.2) is 0 Å². The van der Waals surface area contributed by atoms with Gasteiger partial charge in [-0.3, -0.25) is 24.0 Å². The molecule has 5 amide bonds. The number of H-pyrrole nitrogens is 1. The maximum absolute atomic E-state index is 13.3. The number of rotatable bonds is 14. The zero-order valence-electron chi connectivity index (χ0n) is 21.6. The molecule has 13 nitrogen and oxygen atoms in total. The highest BCUT2D eigenvalue weighted by Crippen LogP contribution is 2.07. The van der Waals surface area contributed by atoms with Crippen LogP contribution in [0.4, 0.5) is 0 Å². The first-order valence-electron chi connectivity index (χ1n) is 12.2. The largest absolute Gasteiger partial charge is 0.391 e. The molecule has 1 heterocycles. The molecule has 0 aliphatic rings. The first-order valence-corrected chi connectivity index (χ1v) is 12.2. The van der Waals surface area contributed by atoms with Gasteiger partial charge in [0.25, 0.3) is 0 Å². The fourth-order valence-corrected chi connectivity index (χ4v) is 3.70. The van der Waals surface area contributed by atoms with Crippen LogP contribution in [-0.2, 0) is 36.8 Å². The normalized spacial score (nSPS) is 14.7. The second-order valence-corrected chi connectivity index (χ2v) is 8.88. The van der Waals surface area contributed by atoms with Crippen LogP contribution in [0.5, 0.6) is 0 Å². The van der Waals surface area contributed by atoms with E-state index in [1.807, 2.05) is 6.07 Å². The number of aromatic nitrogens is 2. The molecule has 0 aliphatic carbocycles. The van der Waals surface area contributed by atoms with Crippen molar-refractivity contribution in [3.63, 3.8) is 0 Å². The Bertz CT molecular complexity index is 1090. The molecule has 13 heteroatoms. The number of aliphatic hydroxyl groups is 1. The number of nitrogens with zero attached hydrogens (tertiary/aromatic N) is 1. The first-order chi connectivity index (χ1) is 18.0. The lowest BCUT2D eigenvalue weighted by molar-refractivity contribution is -0.136. The molecule has 8 N–H and O–H groups in total. The average Bonchev–Trinajstić information content (AvgIpc) is 3.37. The lowest BCUT2D eigenvalue weighted by atomic mass is 10.0.